The van der Waals surface area contributed by atoms with Crippen LogP contribution in [0.1, 0.15) is 52.9 Å². The van der Waals surface area contributed by atoms with E-state index in [9.17, 15) is 4.79 Å². The van der Waals surface area contributed by atoms with Crippen molar-refractivity contribution in [1.29, 1.82) is 0 Å². The average Bonchev–Trinajstić information content (AvgIpc) is 2.47. The van der Waals surface area contributed by atoms with E-state index in [1.54, 1.807) is 0 Å². The first kappa shape index (κ1) is 16.0. The zero-order valence-electron chi connectivity index (χ0n) is 13.7. The Morgan fingerprint density at radius 3 is 2.33 bits per heavy atom. The van der Waals surface area contributed by atoms with E-state index in [-0.39, 0.29) is 5.97 Å². The van der Waals surface area contributed by atoms with E-state index in [0.717, 1.165) is 18.1 Å². The summed E-state index contributed by atoms with van der Waals surface area (Å²) in [7, 11) is 1.41. The third-order valence-corrected chi connectivity index (χ3v) is 4.68. The summed E-state index contributed by atoms with van der Waals surface area (Å²) in [5.74, 6) is 0.553. The molecule has 0 radical (unpaired) electrons. The predicted molar refractivity (Wildman–Crippen MR) is 86.5 cm³/mol. The van der Waals surface area contributed by atoms with Crippen LogP contribution >= 0.6 is 0 Å². The van der Waals surface area contributed by atoms with Crippen molar-refractivity contribution in [2.75, 3.05) is 7.11 Å². The quantitative estimate of drug-likeness (QED) is 0.718. The molecule has 0 aromatic carbocycles. The zero-order chi connectivity index (χ0) is 15.5. The second kappa shape index (κ2) is 6.59. The number of carbonyl (C=O) groups excluding carboxylic acids is 1. The van der Waals surface area contributed by atoms with Gasteiger partial charge in [-0.2, -0.15) is 0 Å². The minimum absolute atomic E-state index is 0.268. The summed E-state index contributed by atoms with van der Waals surface area (Å²) in [6.45, 7) is 7.02. The highest BCUT2D eigenvalue weighted by Gasteiger charge is 2.29. The second-order valence-corrected chi connectivity index (χ2v) is 7.18. The topological polar surface area (TPSA) is 38.7 Å². The van der Waals surface area contributed by atoms with Gasteiger partial charge in [0.05, 0.1) is 18.7 Å². The van der Waals surface area contributed by atoms with Gasteiger partial charge in [-0.15, -0.1) is 0 Å². The summed E-state index contributed by atoms with van der Waals surface area (Å²) in [6.07, 6.45) is 11.3. The molecule has 0 aromatic rings. The Balaban J connectivity index is 1.88. The largest absolute Gasteiger partial charge is 0.465 e. The summed E-state index contributed by atoms with van der Waals surface area (Å²) in [4.78, 5) is 16.3. The fourth-order valence-corrected chi connectivity index (χ4v) is 3.21. The molecule has 0 N–H and O–H groups in total. The van der Waals surface area contributed by atoms with E-state index in [1.165, 1.54) is 32.8 Å². The van der Waals surface area contributed by atoms with Crippen LogP contribution in [0.5, 0.6) is 0 Å². The van der Waals surface area contributed by atoms with Crippen molar-refractivity contribution in [3.63, 3.8) is 0 Å². The minimum Gasteiger partial charge on any atom is -0.465 e. The molecular formula is C18H27NO2. The lowest BCUT2D eigenvalue weighted by molar-refractivity contribution is -0.135. The number of carbonyl (C=O) groups is 1. The van der Waals surface area contributed by atoms with Crippen LogP contribution in [0.2, 0.25) is 0 Å². The van der Waals surface area contributed by atoms with E-state index in [2.05, 4.69) is 20.8 Å². The van der Waals surface area contributed by atoms with Gasteiger partial charge in [0.15, 0.2) is 0 Å². The minimum atomic E-state index is -0.268. The fraction of sp³-hybridized carbons (Fsp3) is 0.667. The van der Waals surface area contributed by atoms with Gasteiger partial charge in [-0.1, -0.05) is 26.8 Å². The van der Waals surface area contributed by atoms with Crippen LogP contribution < -0.4 is 0 Å². The van der Waals surface area contributed by atoms with Gasteiger partial charge in [0, 0.05) is 12.1 Å². The van der Waals surface area contributed by atoms with Crippen LogP contribution in [-0.4, -0.2) is 24.8 Å². The number of aliphatic imine (C=N–C) groups is 1. The standard InChI is InChI=1S/C18H27NO2/c1-18(2,3)14-7-11-16(12-8-14)19-15-9-5-13(6-10-15)17(20)21-4/h5-6,9,14,16H,7-8,10-12H2,1-4H3. The van der Waals surface area contributed by atoms with Crippen molar-refractivity contribution in [2.24, 2.45) is 16.3 Å². The molecule has 0 aromatic heterocycles. The van der Waals surface area contributed by atoms with Crippen molar-refractivity contribution >= 4 is 11.7 Å². The van der Waals surface area contributed by atoms with Gasteiger partial charge < -0.3 is 4.74 Å². The van der Waals surface area contributed by atoms with Crippen molar-refractivity contribution < 1.29 is 9.53 Å². The third kappa shape index (κ3) is 4.29. The van der Waals surface area contributed by atoms with Crippen LogP contribution in [0.3, 0.4) is 0 Å². The van der Waals surface area contributed by atoms with Crippen LogP contribution in [0.4, 0.5) is 0 Å². The SMILES string of the molecule is COC(=O)C1=CCC(=NC2CCC(C(C)(C)C)CC2)C=C1. The summed E-state index contributed by atoms with van der Waals surface area (Å²) in [5, 5.41) is 0. The van der Waals surface area contributed by atoms with Gasteiger partial charge in [0.25, 0.3) is 0 Å². The maximum Gasteiger partial charge on any atom is 0.337 e. The van der Waals surface area contributed by atoms with Crippen LogP contribution in [0.25, 0.3) is 0 Å². The van der Waals surface area contributed by atoms with Gasteiger partial charge in [0.1, 0.15) is 0 Å². The summed E-state index contributed by atoms with van der Waals surface area (Å²) in [6, 6.07) is 0.455. The van der Waals surface area contributed by atoms with Gasteiger partial charge in [-0.25, -0.2) is 4.79 Å². The highest BCUT2D eigenvalue weighted by molar-refractivity contribution is 6.02. The molecule has 3 heteroatoms. The molecule has 116 valence electrons. The summed E-state index contributed by atoms with van der Waals surface area (Å²) < 4.78 is 4.72. The molecule has 0 amide bonds. The first-order chi connectivity index (χ1) is 9.90. The summed E-state index contributed by atoms with van der Waals surface area (Å²) in [5.41, 5.74) is 2.14. The van der Waals surface area contributed by atoms with E-state index in [0.29, 0.717) is 17.0 Å². The van der Waals surface area contributed by atoms with Crippen LogP contribution in [-0.2, 0) is 9.53 Å². The molecule has 0 bridgehead atoms. The number of hydrogen-bond donors (Lipinski definition) is 0. The molecule has 0 atom stereocenters. The Labute approximate surface area is 128 Å². The van der Waals surface area contributed by atoms with Crippen molar-refractivity contribution in [2.45, 2.75) is 58.9 Å². The summed E-state index contributed by atoms with van der Waals surface area (Å²) >= 11 is 0. The number of nitrogens with zero attached hydrogens (tertiary/aromatic N) is 1. The fourth-order valence-electron chi connectivity index (χ4n) is 3.21. The molecule has 0 saturated heterocycles. The van der Waals surface area contributed by atoms with Gasteiger partial charge in [-0.3, -0.25) is 4.99 Å². The lowest BCUT2D eigenvalue weighted by atomic mass is 9.71. The number of hydrogen-bond acceptors (Lipinski definition) is 3. The predicted octanol–water partition coefficient (Wildman–Crippen LogP) is 4.09. The van der Waals surface area contributed by atoms with E-state index in [4.69, 9.17) is 9.73 Å². The molecular weight excluding hydrogens is 262 g/mol. The molecule has 3 nitrogen and oxygen atoms in total. The van der Waals surface area contributed by atoms with Crippen molar-refractivity contribution in [1.82, 2.24) is 0 Å². The highest BCUT2D eigenvalue weighted by atomic mass is 16.5. The second-order valence-electron chi connectivity index (χ2n) is 7.18. The number of rotatable bonds is 2. The number of methoxy groups -OCH3 is 1. The Morgan fingerprint density at radius 1 is 1.19 bits per heavy atom. The molecule has 2 aliphatic rings. The van der Waals surface area contributed by atoms with Crippen LogP contribution in [0.15, 0.2) is 28.8 Å². The lowest BCUT2D eigenvalue weighted by Gasteiger charge is -2.36. The maximum atomic E-state index is 11.4. The third-order valence-electron chi connectivity index (χ3n) is 4.68. The molecule has 1 saturated carbocycles. The monoisotopic (exact) mass is 289 g/mol. The normalized spacial score (nSPS) is 28.4. The number of esters is 1. The molecule has 0 aliphatic heterocycles. The maximum absolute atomic E-state index is 11.4. The lowest BCUT2D eigenvalue weighted by Crippen LogP contribution is -2.27. The van der Waals surface area contributed by atoms with E-state index < -0.39 is 0 Å². The zero-order valence-corrected chi connectivity index (χ0v) is 13.7. The Hall–Kier alpha value is -1.38. The molecule has 0 heterocycles. The first-order valence-corrected chi connectivity index (χ1v) is 7.93. The highest BCUT2D eigenvalue weighted by Crippen LogP contribution is 2.38. The Kier molecular flexibility index (Phi) is 5.02. The molecule has 0 spiro atoms. The van der Waals surface area contributed by atoms with Crippen molar-refractivity contribution in [3.05, 3.63) is 23.8 Å². The number of ether oxygens (including phenoxy) is 1. The van der Waals surface area contributed by atoms with E-state index >= 15 is 0 Å². The molecule has 2 aliphatic carbocycles. The Morgan fingerprint density at radius 2 is 1.86 bits per heavy atom. The van der Waals surface area contributed by atoms with Crippen molar-refractivity contribution in [3.8, 4) is 0 Å². The van der Waals surface area contributed by atoms with Gasteiger partial charge >= 0.3 is 5.97 Å². The molecule has 0 unspecified atom stereocenters. The average molecular weight is 289 g/mol. The first-order valence-electron chi connectivity index (χ1n) is 7.93. The van der Waals surface area contributed by atoms with Gasteiger partial charge in [-0.05, 0) is 49.2 Å². The van der Waals surface area contributed by atoms with Crippen LogP contribution in [0, 0.1) is 11.3 Å². The smallest absolute Gasteiger partial charge is 0.337 e. The number of allylic oxidation sites excluding steroid dienone is 2. The molecule has 1 fully saturated rings. The molecule has 2 rings (SSSR count). The molecule has 21 heavy (non-hydrogen) atoms. The van der Waals surface area contributed by atoms with Gasteiger partial charge in [0.2, 0.25) is 0 Å². The Bertz CT molecular complexity index is 472. The van der Waals surface area contributed by atoms with E-state index in [1.807, 2.05) is 18.2 Å².